The van der Waals surface area contributed by atoms with Crippen molar-refractivity contribution in [1.82, 2.24) is 5.32 Å². The zero-order valence-corrected chi connectivity index (χ0v) is 18.6. The van der Waals surface area contributed by atoms with Crippen molar-refractivity contribution in [3.05, 3.63) is 51.9 Å². The van der Waals surface area contributed by atoms with Crippen LogP contribution in [0.1, 0.15) is 88.7 Å². The fraction of sp³-hybridized carbons (Fsp3) is 0.538. The van der Waals surface area contributed by atoms with E-state index in [-0.39, 0.29) is 23.0 Å². The number of fused-ring (bicyclic) bond motifs is 1. The maximum Gasteiger partial charge on any atom is 0.161 e. The monoisotopic (exact) mass is 404 g/mol. The van der Waals surface area contributed by atoms with E-state index in [1.54, 1.807) is 0 Å². The third-order valence-corrected chi connectivity index (χ3v) is 7.78. The highest BCUT2D eigenvalue weighted by atomic mass is 16.1. The SMILES string of the molecule is CC1CC(C)(C)N(C)c2ccc(C3C4=C(CCCC4=O)NC4=C3C(=O)CCC4)cc21. The number of benzene rings is 1. The molecule has 2 heterocycles. The number of hydrogen-bond donors (Lipinski definition) is 1. The van der Waals surface area contributed by atoms with Gasteiger partial charge in [-0.25, -0.2) is 0 Å². The lowest BCUT2D eigenvalue weighted by Crippen LogP contribution is -2.45. The van der Waals surface area contributed by atoms with Crippen LogP contribution in [0.3, 0.4) is 0 Å². The molecule has 1 aromatic rings. The Kier molecular flexibility index (Phi) is 4.46. The molecule has 0 spiro atoms. The number of carbonyl (C=O) groups excluding carboxylic acids is 2. The van der Waals surface area contributed by atoms with E-state index in [9.17, 15) is 9.59 Å². The number of rotatable bonds is 1. The highest BCUT2D eigenvalue weighted by Crippen LogP contribution is 2.48. The summed E-state index contributed by atoms with van der Waals surface area (Å²) in [5.74, 6) is 0.666. The number of dihydropyridines is 1. The fourth-order valence-electron chi connectivity index (χ4n) is 6.09. The molecule has 0 saturated heterocycles. The van der Waals surface area contributed by atoms with E-state index in [4.69, 9.17) is 0 Å². The van der Waals surface area contributed by atoms with Crippen molar-refractivity contribution in [2.75, 3.05) is 11.9 Å². The summed E-state index contributed by atoms with van der Waals surface area (Å²) < 4.78 is 0. The molecule has 0 amide bonds. The summed E-state index contributed by atoms with van der Waals surface area (Å²) in [5.41, 5.74) is 7.67. The zero-order chi connectivity index (χ0) is 21.2. The van der Waals surface area contributed by atoms with Crippen molar-refractivity contribution in [2.24, 2.45) is 0 Å². The lowest BCUT2D eigenvalue weighted by atomic mass is 9.70. The number of ketones is 2. The van der Waals surface area contributed by atoms with Gasteiger partial charge in [-0.3, -0.25) is 9.59 Å². The van der Waals surface area contributed by atoms with Gasteiger partial charge in [-0.05, 0) is 69.1 Å². The minimum absolute atomic E-state index is 0.118. The van der Waals surface area contributed by atoms with Gasteiger partial charge in [-0.2, -0.15) is 0 Å². The van der Waals surface area contributed by atoms with Crippen molar-refractivity contribution in [2.45, 2.75) is 83.1 Å². The molecule has 4 aliphatic rings. The van der Waals surface area contributed by atoms with E-state index in [0.717, 1.165) is 60.2 Å². The van der Waals surface area contributed by atoms with Gasteiger partial charge >= 0.3 is 0 Å². The van der Waals surface area contributed by atoms with Crippen LogP contribution in [0.25, 0.3) is 0 Å². The van der Waals surface area contributed by atoms with Gasteiger partial charge in [0.15, 0.2) is 11.6 Å². The quantitative estimate of drug-likeness (QED) is 0.707. The van der Waals surface area contributed by atoms with E-state index in [1.165, 1.54) is 11.3 Å². The molecule has 2 aliphatic carbocycles. The second-order valence-electron chi connectivity index (χ2n) is 10.2. The van der Waals surface area contributed by atoms with Crippen LogP contribution in [0.2, 0.25) is 0 Å². The van der Waals surface area contributed by atoms with E-state index in [0.29, 0.717) is 18.8 Å². The van der Waals surface area contributed by atoms with Crippen LogP contribution in [0.4, 0.5) is 5.69 Å². The molecule has 0 aromatic heterocycles. The van der Waals surface area contributed by atoms with Crippen molar-refractivity contribution in [3.8, 4) is 0 Å². The summed E-state index contributed by atoms with van der Waals surface area (Å²) in [5, 5.41) is 3.52. The lowest BCUT2D eigenvalue weighted by molar-refractivity contribution is -0.116. The van der Waals surface area contributed by atoms with Crippen LogP contribution in [0, 0.1) is 0 Å². The molecule has 1 atom stereocenters. The summed E-state index contributed by atoms with van der Waals surface area (Å²) in [4.78, 5) is 28.5. The Morgan fingerprint density at radius 2 is 1.57 bits per heavy atom. The Morgan fingerprint density at radius 3 is 2.17 bits per heavy atom. The van der Waals surface area contributed by atoms with Gasteiger partial charge in [0.1, 0.15) is 0 Å². The molecular formula is C26H32N2O2. The summed E-state index contributed by atoms with van der Waals surface area (Å²) >= 11 is 0. The van der Waals surface area contributed by atoms with Gasteiger partial charge in [0.2, 0.25) is 0 Å². The molecule has 0 radical (unpaired) electrons. The first-order chi connectivity index (χ1) is 14.3. The van der Waals surface area contributed by atoms with Gasteiger partial charge in [0, 0.05) is 59.6 Å². The second kappa shape index (κ2) is 6.83. The molecule has 5 rings (SSSR count). The maximum atomic E-state index is 13.0. The molecule has 1 aromatic carbocycles. The van der Waals surface area contributed by atoms with Crippen LogP contribution in [0.5, 0.6) is 0 Å². The maximum absolute atomic E-state index is 13.0. The van der Waals surface area contributed by atoms with Crippen LogP contribution in [0.15, 0.2) is 40.7 Å². The van der Waals surface area contributed by atoms with Gasteiger partial charge in [-0.15, -0.1) is 0 Å². The van der Waals surface area contributed by atoms with Gasteiger partial charge in [-0.1, -0.05) is 19.1 Å². The number of anilines is 1. The molecule has 1 unspecified atom stereocenters. The summed E-state index contributed by atoms with van der Waals surface area (Å²) in [6.07, 6.45) is 5.87. The lowest BCUT2D eigenvalue weighted by Gasteiger charge is -2.46. The largest absolute Gasteiger partial charge is 0.369 e. The molecule has 1 N–H and O–H groups in total. The van der Waals surface area contributed by atoms with Crippen LogP contribution < -0.4 is 10.2 Å². The predicted octanol–water partition coefficient (Wildman–Crippen LogP) is 5.11. The van der Waals surface area contributed by atoms with Crippen LogP contribution in [-0.4, -0.2) is 24.2 Å². The van der Waals surface area contributed by atoms with E-state index in [1.807, 2.05) is 0 Å². The number of Topliss-reactive ketones (excluding diaryl/α,β-unsaturated/α-hetero) is 2. The molecule has 30 heavy (non-hydrogen) atoms. The van der Waals surface area contributed by atoms with Gasteiger partial charge in [0.25, 0.3) is 0 Å². The molecule has 4 heteroatoms. The Balaban J connectivity index is 1.67. The molecule has 0 bridgehead atoms. The van der Waals surface area contributed by atoms with E-state index >= 15 is 0 Å². The first-order valence-corrected chi connectivity index (χ1v) is 11.4. The molecular weight excluding hydrogens is 372 g/mol. The smallest absolute Gasteiger partial charge is 0.161 e. The van der Waals surface area contributed by atoms with Crippen molar-refractivity contribution < 1.29 is 9.59 Å². The van der Waals surface area contributed by atoms with E-state index < -0.39 is 0 Å². The molecule has 0 fully saturated rings. The average molecular weight is 405 g/mol. The topological polar surface area (TPSA) is 49.4 Å². The summed E-state index contributed by atoms with van der Waals surface area (Å²) in [7, 11) is 2.17. The van der Waals surface area contributed by atoms with Crippen molar-refractivity contribution >= 4 is 17.3 Å². The van der Waals surface area contributed by atoms with Crippen LogP contribution in [-0.2, 0) is 9.59 Å². The number of allylic oxidation sites excluding steroid dienone is 4. The zero-order valence-electron chi connectivity index (χ0n) is 18.6. The third kappa shape index (κ3) is 2.87. The number of carbonyl (C=O) groups is 2. The Bertz CT molecular complexity index is 972. The van der Waals surface area contributed by atoms with Gasteiger partial charge in [0.05, 0.1) is 0 Å². The molecule has 2 aliphatic heterocycles. The summed E-state index contributed by atoms with van der Waals surface area (Å²) in [6, 6.07) is 6.67. The minimum Gasteiger partial charge on any atom is -0.369 e. The average Bonchev–Trinajstić information content (AvgIpc) is 2.70. The van der Waals surface area contributed by atoms with E-state index in [2.05, 4.69) is 56.2 Å². The molecule has 4 nitrogen and oxygen atoms in total. The highest BCUT2D eigenvalue weighted by molar-refractivity contribution is 6.06. The highest BCUT2D eigenvalue weighted by Gasteiger charge is 2.41. The first-order valence-electron chi connectivity index (χ1n) is 11.4. The third-order valence-electron chi connectivity index (χ3n) is 7.78. The Labute approximate surface area is 179 Å². The number of nitrogens with zero attached hydrogens (tertiary/aromatic N) is 1. The standard InChI is InChI=1S/C26H32N2O2/c1-15-14-26(2,3)28(4)20-12-11-16(13-17(15)20)23-24-18(7-5-9-21(24)29)27-19-8-6-10-22(30)25(19)23/h11-13,15,23,27H,5-10,14H2,1-4H3. The van der Waals surface area contributed by atoms with Crippen molar-refractivity contribution in [1.29, 1.82) is 0 Å². The normalized spacial score (nSPS) is 26.3. The number of nitrogens with one attached hydrogen (secondary N) is 1. The van der Waals surface area contributed by atoms with Gasteiger partial charge < -0.3 is 10.2 Å². The first kappa shape index (κ1) is 19.6. The molecule has 0 saturated carbocycles. The molecule has 158 valence electrons. The minimum atomic E-state index is -0.199. The fourth-order valence-corrected chi connectivity index (χ4v) is 6.09. The number of hydrogen-bond acceptors (Lipinski definition) is 4. The van der Waals surface area contributed by atoms with Crippen LogP contribution >= 0.6 is 0 Å². The van der Waals surface area contributed by atoms with Crippen molar-refractivity contribution in [3.63, 3.8) is 0 Å². The Hall–Kier alpha value is -2.36. The predicted molar refractivity (Wildman–Crippen MR) is 120 cm³/mol. The Morgan fingerprint density at radius 1 is 0.967 bits per heavy atom. The second-order valence-corrected chi connectivity index (χ2v) is 10.2. The summed E-state index contributed by atoms with van der Waals surface area (Å²) in [6.45, 7) is 6.89.